The van der Waals surface area contributed by atoms with Crippen LogP contribution in [0.1, 0.15) is 53.1 Å². The zero-order valence-corrected chi connectivity index (χ0v) is 22.7. The highest BCUT2D eigenvalue weighted by molar-refractivity contribution is 7.96. The van der Waals surface area contributed by atoms with E-state index in [9.17, 15) is 44.3 Å². The van der Waals surface area contributed by atoms with Crippen LogP contribution in [0.25, 0.3) is 11.1 Å². The molecule has 0 aromatic heterocycles. The fourth-order valence-corrected chi connectivity index (χ4v) is 4.33. The van der Waals surface area contributed by atoms with Crippen molar-refractivity contribution in [3.63, 3.8) is 0 Å². The lowest BCUT2D eigenvalue weighted by atomic mass is 9.92. The number of methoxy groups -OCH3 is 1. The van der Waals surface area contributed by atoms with Gasteiger partial charge in [-0.25, -0.2) is 0 Å². The van der Waals surface area contributed by atoms with Gasteiger partial charge in [0.05, 0.1) is 23.8 Å². The standard InChI is InChI=1S/C28H24F9NO2S/c1-15(2)17-4-7-24(40-3)23(11-17)22-6-5-19(26(29,30)31)10-18(22)14-38(25(39)41)13-16-8-20(27(32,33)34)12-21(9-16)28(35,36)37/h4-12,15H,13-14H2,1-3H3,(H,39,41). The minimum atomic E-state index is -5.13. The number of benzene rings is 3. The van der Waals surface area contributed by atoms with Crippen molar-refractivity contribution < 1.29 is 49.0 Å². The molecule has 3 aromatic carbocycles. The first-order chi connectivity index (χ1) is 18.8. The first kappa shape index (κ1) is 32.2. The molecule has 0 bridgehead atoms. The number of rotatable bonds is 7. The van der Waals surface area contributed by atoms with Crippen LogP contribution >= 0.6 is 12.6 Å². The number of carbonyl (C=O) groups is 1. The number of ether oxygens (including phenoxy) is 1. The van der Waals surface area contributed by atoms with Gasteiger partial charge in [-0.15, -0.1) is 0 Å². The first-order valence-corrected chi connectivity index (χ1v) is 12.4. The predicted octanol–water partition coefficient (Wildman–Crippen LogP) is 9.59. The van der Waals surface area contributed by atoms with Crippen LogP contribution in [-0.2, 0) is 31.6 Å². The van der Waals surface area contributed by atoms with Gasteiger partial charge in [0.25, 0.3) is 5.24 Å². The number of halogens is 9. The first-order valence-electron chi connectivity index (χ1n) is 12.0. The Bertz CT molecular complexity index is 1380. The fourth-order valence-electron chi connectivity index (χ4n) is 4.19. The zero-order chi connectivity index (χ0) is 30.9. The van der Waals surface area contributed by atoms with E-state index in [2.05, 4.69) is 12.6 Å². The molecule has 0 saturated carbocycles. The van der Waals surface area contributed by atoms with Crippen LogP contribution in [0, 0.1) is 0 Å². The number of carbonyl (C=O) groups excluding carboxylic acids is 1. The van der Waals surface area contributed by atoms with Crippen molar-refractivity contribution in [1.29, 1.82) is 0 Å². The number of hydrogen-bond donors (Lipinski definition) is 1. The summed E-state index contributed by atoms with van der Waals surface area (Å²) < 4.78 is 126. The van der Waals surface area contributed by atoms with E-state index in [1.54, 1.807) is 18.2 Å². The molecular formula is C28H24F9NO2S. The third-order valence-electron chi connectivity index (χ3n) is 6.27. The predicted molar refractivity (Wildman–Crippen MR) is 138 cm³/mol. The molecule has 0 heterocycles. The van der Waals surface area contributed by atoms with Gasteiger partial charge < -0.3 is 9.64 Å². The van der Waals surface area contributed by atoms with E-state index in [0.717, 1.165) is 22.6 Å². The molecule has 0 N–H and O–H groups in total. The van der Waals surface area contributed by atoms with Gasteiger partial charge in [0.1, 0.15) is 5.75 Å². The highest BCUT2D eigenvalue weighted by Crippen LogP contribution is 2.40. The van der Waals surface area contributed by atoms with Crippen LogP contribution in [0.3, 0.4) is 0 Å². The average Bonchev–Trinajstić information content (AvgIpc) is 2.86. The van der Waals surface area contributed by atoms with E-state index in [1.807, 2.05) is 13.8 Å². The molecule has 3 nitrogen and oxygen atoms in total. The molecule has 0 unspecified atom stereocenters. The van der Waals surface area contributed by atoms with Crippen molar-refractivity contribution in [2.45, 2.75) is 51.4 Å². The maximum absolute atomic E-state index is 13.6. The van der Waals surface area contributed by atoms with Crippen molar-refractivity contribution in [2.24, 2.45) is 0 Å². The molecule has 0 saturated heterocycles. The molecule has 0 aliphatic rings. The van der Waals surface area contributed by atoms with Gasteiger partial charge in [-0.1, -0.05) is 38.6 Å². The van der Waals surface area contributed by atoms with Crippen LogP contribution in [0.4, 0.5) is 44.3 Å². The molecule has 3 aromatic rings. The van der Waals surface area contributed by atoms with Crippen LogP contribution in [0.5, 0.6) is 5.75 Å². The van der Waals surface area contributed by atoms with Crippen molar-refractivity contribution >= 4 is 17.9 Å². The van der Waals surface area contributed by atoms with Gasteiger partial charge in [0.15, 0.2) is 0 Å². The van der Waals surface area contributed by atoms with E-state index in [0.29, 0.717) is 23.4 Å². The summed E-state index contributed by atoms with van der Waals surface area (Å²) >= 11 is 3.70. The Balaban J connectivity index is 2.17. The Morgan fingerprint density at radius 2 is 1.32 bits per heavy atom. The van der Waals surface area contributed by atoms with Crippen LogP contribution in [0.15, 0.2) is 54.6 Å². The lowest BCUT2D eigenvalue weighted by molar-refractivity contribution is -0.143. The Kier molecular flexibility index (Phi) is 9.31. The number of thiol groups is 1. The SMILES string of the molecule is COc1ccc(C(C)C)cc1-c1ccc(C(F)(F)F)cc1CN(Cc1cc(C(F)(F)F)cc(C(F)(F)F)c1)C(=O)S. The van der Waals surface area contributed by atoms with Crippen LogP contribution in [-0.4, -0.2) is 17.2 Å². The average molecular weight is 610 g/mol. The molecule has 0 radical (unpaired) electrons. The van der Waals surface area contributed by atoms with E-state index < -0.39 is 59.1 Å². The smallest absolute Gasteiger partial charge is 0.416 e. The number of nitrogens with zero attached hydrogens (tertiary/aromatic N) is 1. The summed E-state index contributed by atoms with van der Waals surface area (Å²) in [5, 5.41) is -1.08. The second-order valence-electron chi connectivity index (χ2n) is 9.54. The van der Waals surface area contributed by atoms with Crippen molar-refractivity contribution in [3.05, 3.63) is 88.0 Å². The molecule has 3 rings (SSSR count). The monoisotopic (exact) mass is 609 g/mol. The van der Waals surface area contributed by atoms with Crippen molar-refractivity contribution in [1.82, 2.24) is 4.90 Å². The normalized spacial score (nSPS) is 12.5. The zero-order valence-electron chi connectivity index (χ0n) is 21.8. The molecule has 222 valence electrons. The quantitative estimate of drug-likeness (QED) is 0.214. The Hall–Kier alpha value is -3.35. The summed E-state index contributed by atoms with van der Waals surface area (Å²) in [5.41, 5.74) is -3.46. The van der Waals surface area contributed by atoms with Gasteiger partial charge >= 0.3 is 18.5 Å². The minimum absolute atomic E-state index is 0.0248. The number of amides is 1. The molecule has 0 aliphatic heterocycles. The van der Waals surface area contributed by atoms with Gasteiger partial charge in [-0.2, -0.15) is 39.5 Å². The largest absolute Gasteiger partial charge is 0.496 e. The molecule has 41 heavy (non-hydrogen) atoms. The van der Waals surface area contributed by atoms with Gasteiger partial charge in [-0.05, 0) is 70.6 Å². The third-order valence-corrected chi connectivity index (χ3v) is 6.55. The summed E-state index contributed by atoms with van der Waals surface area (Å²) in [6.45, 7) is 2.37. The summed E-state index contributed by atoms with van der Waals surface area (Å²) in [6.07, 6.45) is -15.0. The summed E-state index contributed by atoms with van der Waals surface area (Å²) in [6, 6.07) is 8.69. The molecular weight excluding hydrogens is 585 g/mol. The van der Waals surface area contributed by atoms with Gasteiger partial charge in [0.2, 0.25) is 0 Å². The molecule has 13 heteroatoms. The molecule has 0 fully saturated rings. The summed E-state index contributed by atoms with van der Waals surface area (Å²) in [4.78, 5) is 13.2. The van der Waals surface area contributed by atoms with Crippen LogP contribution < -0.4 is 4.74 Å². The molecule has 0 aliphatic carbocycles. The second kappa shape index (κ2) is 11.9. The lowest BCUT2D eigenvalue weighted by Gasteiger charge is -2.25. The highest BCUT2D eigenvalue weighted by Gasteiger charge is 2.37. The fraction of sp³-hybridized carbons (Fsp3) is 0.321. The number of alkyl halides is 9. The van der Waals surface area contributed by atoms with Crippen molar-refractivity contribution in [2.75, 3.05) is 7.11 Å². The Morgan fingerprint density at radius 3 is 1.78 bits per heavy atom. The van der Waals surface area contributed by atoms with E-state index in [4.69, 9.17) is 4.74 Å². The van der Waals surface area contributed by atoms with E-state index in [1.165, 1.54) is 13.2 Å². The second-order valence-corrected chi connectivity index (χ2v) is 9.92. The molecule has 1 amide bonds. The minimum Gasteiger partial charge on any atom is -0.496 e. The van der Waals surface area contributed by atoms with Crippen molar-refractivity contribution in [3.8, 4) is 16.9 Å². The van der Waals surface area contributed by atoms with E-state index in [-0.39, 0.29) is 23.1 Å². The molecule has 0 spiro atoms. The summed E-state index contributed by atoms with van der Waals surface area (Å²) in [7, 11) is 1.35. The van der Waals surface area contributed by atoms with Gasteiger partial charge in [0, 0.05) is 18.7 Å². The number of hydrogen-bond acceptors (Lipinski definition) is 2. The Morgan fingerprint density at radius 1 is 0.756 bits per heavy atom. The Labute approximate surface area is 235 Å². The van der Waals surface area contributed by atoms with Crippen LogP contribution in [0.2, 0.25) is 0 Å². The maximum atomic E-state index is 13.6. The topological polar surface area (TPSA) is 29.5 Å². The summed E-state index contributed by atoms with van der Waals surface area (Å²) in [5.74, 6) is 0.323. The molecule has 0 atom stereocenters. The third kappa shape index (κ3) is 7.90. The highest BCUT2D eigenvalue weighted by atomic mass is 32.1. The van der Waals surface area contributed by atoms with E-state index >= 15 is 0 Å². The maximum Gasteiger partial charge on any atom is 0.416 e. The lowest BCUT2D eigenvalue weighted by Crippen LogP contribution is -2.26. The van der Waals surface area contributed by atoms with Gasteiger partial charge in [-0.3, -0.25) is 4.79 Å².